The van der Waals surface area contributed by atoms with E-state index in [0.717, 1.165) is 17.3 Å². The Morgan fingerprint density at radius 3 is 2.35 bits per heavy atom. The van der Waals surface area contributed by atoms with Crippen LogP contribution in [0.15, 0.2) is 33.6 Å². The highest BCUT2D eigenvalue weighted by atomic mass is 79.9. The molecule has 94 valence electrons. The minimum Gasteiger partial charge on any atom is -0.381 e. The number of halogens is 1. The molecule has 2 rings (SSSR count). The predicted octanol–water partition coefficient (Wildman–Crippen LogP) is 1.91. The van der Waals surface area contributed by atoms with E-state index in [1.807, 2.05) is 0 Å². The van der Waals surface area contributed by atoms with Crippen molar-refractivity contribution >= 4 is 26.0 Å². The lowest BCUT2D eigenvalue weighted by molar-refractivity contribution is 0.0832. The Kier molecular flexibility index (Phi) is 4.19. The second-order valence-electron chi connectivity index (χ2n) is 3.96. The van der Waals surface area contributed by atoms with E-state index in [1.165, 1.54) is 0 Å². The van der Waals surface area contributed by atoms with Gasteiger partial charge in [0.05, 0.1) is 4.90 Å². The monoisotopic (exact) mass is 319 g/mol. The molecule has 0 atom stereocenters. The van der Waals surface area contributed by atoms with Crippen LogP contribution in [-0.4, -0.2) is 27.7 Å². The Labute approximate surface area is 110 Å². The molecule has 0 amide bonds. The molecule has 0 bridgehead atoms. The molecule has 6 heteroatoms. The van der Waals surface area contributed by atoms with E-state index in [0.29, 0.717) is 18.1 Å². The molecule has 1 aromatic rings. The van der Waals surface area contributed by atoms with Crippen LogP contribution in [0.2, 0.25) is 0 Å². The fourth-order valence-electron chi connectivity index (χ4n) is 1.72. The molecule has 0 unspecified atom stereocenters. The summed E-state index contributed by atoms with van der Waals surface area (Å²) in [5.41, 5.74) is 0. The molecular formula is C11H14BrNO3S. The maximum atomic E-state index is 12.0. The van der Waals surface area contributed by atoms with Crippen molar-refractivity contribution in [1.29, 1.82) is 0 Å². The molecule has 1 aliphatic rings. The van der Waals surface area contributed by atoms with Gasteiger partial charge in [0.1, 0.15) is 0 Å². The van der Waals surface area contributed by atoms with E-state index in [9.17, 15) is 8.42 Å². The van der Waals surface area contributed by atoms with E-state index >= 15 is 0 Å². The first-order valence-electron chi connectivity index (χ1n) is 5.43. The topological polar surface area (TPSA) is 55.4 Å². The number of hydrogen-bond acceptors (Lipinski definition) is 3. The number of sulfonamides is 1. The SMILES string of the molecule is O=S(=O)(NC1CCOCC1)c1ccc(Br)cc1. The first-order chi connectivity index (χ1) is 8.08. The zero-order valence-electron chi connectivity index (χ0n) is 9.23. The van der Waals surface area contributed by atoms with Gasteiger partial charge in [-0.1, -0.05) is 15.9 Å². The van der Waals surface area contributed by atoms with Crippen LogP contribution in [0.3, 0.4) is 0 Å². The average Bonchev–Trinajstić information content (AvgIpc) is 2.30. The summed E-state index contributed by atoms with van der Waals surface area (Å²) in [5.74, 6) is 0. The van der Waals surface area contributed by atoms with Crippen LogP contribution in [0.25, 0.3) is 0 Å². The molecular weight excluding hydrogens is 306 g/mol. The summed E-state index contributed by atoms with van der Waals surface area (Å²) >= 11 is 3.28. The molecule has 0 saturated carbocycles. The van der Waals surface area contributed by atoms with E-state index in [-0.39, 0.29) is 6.04 Å². The third kappa shape index (κ3) is 3.51. The Balaban J connectivity index is 2.10. The van der Waals surface area contributed by atoms with Crippen molar-refractivity contribution in [1.82, 2.24) is 4.72 Å². The van der Waals surface area contributed by atoms with Gasteiger partial charge >= 0.3 is 0 Å². The molecule has 1 N–H and O–H groups in total. The molecule has 1 aromatic carbocycles. The van der Waals surface area contributed by atoms with Crippen molar-refractivity contribution in [3.8, 4) is 0 Å². The zero-order valence-corrected chi connectivity index (χ0v) is 11.6. The predicted molar refractivity (Wildman–Crippen MR) is 68.3 cm³/mol. The Morgan fingerprint density at radius 1 is 1.18 bits per heavy atom. The second-order valence-corrected chi connectivity index (χ2v) is 6.59. The van der Waals surface area contributed by atoms with Gasteiger partial charge in [0, 0.05) is 23.7 Å². The van der Waals surface area contributed by atoms with Crippen LogP contribution in [0.5, 0.6) is 0 Å². The van der Waals surface area contributed by atoms with Crippen molar-refractivity contribution in [3.63, 3.8) is 0 Å². The van der Waals surface area contributed by atoms with Gasteiger partial charge in [-0.15, -0.1) is 0 Å². The van der Waals surface area contributed by atoms with Gasteiger partial charge in [-0.05, 0) is 37.1 Å². The van der Waals surface area contributed by atoms with Crippen LogP contribution in [-0.2, 0) is 14.8 Å². The Bertz CT molecular complexity index is 466. The summed E-state index contributed by atoms with van der Waals surface area (Å²) in [6, 6.07) is 6.60. The normalized spacial score (nSPS) is 18.2. The van der Waals surface area contributed by atoms with E-state index in [2.05, 4.69) is 20.7 Å². The first-order valence-corrected chi connectivity index (χ1v) is 7.71. The van der Waals surface area contributed by atoms with Crippen molar-refractivity contribution in [2.24, 2.45) is 0 Å². The van der Waals surface area contributed by atoms with Gasteiger partial charge in [-0.2, -0.15) is 0 Å². The smallest absolute Gasteiger partial charge is 0.240 e. The number of nitrogens with one attached hydrogen (secondary N) is 1. The summed E-state index contributed by atoms with van der Waals surface area (Å²) < 4.78 is 32.9. The Hall–Kier alpha value is -0.430. The average molecular weight is 320 g/mol. The highest BCUT2D eigenvalue weighted by Gasteiger charge is 2.21. The summed E-state index contributed by atoms with van der Waals surface area (Å²) in [6.07, 6.45) is 1.46. The van der Waals surface area contributed by atoms with Gasteiger partial charge in [0.2, 0.25) is 10.0 Å². The third-order valence-corrected chi connectivity index (χ3v) is 4.73. The van der Waals surface area contributed by atoms with Gasteiger partial charge < -0.3 is 4.74 Å². The van der Waals surface area contributed by atoms with Gasteiger partial charge in [0.25, 0.3) is 0 Å². The van der Waals surface area contributed by atoms with Crippen molar-refractivity contribution in [2.75, 3.05) is 13.2 Å². The van der Waals surface area contributed by atoms with E-state index in [4.69, 9.17) is 4.74 Å². The molecule has 1 heterocycles. The lowest BCUT2D eigenvalue weighted by atomic mass is 10.1. The van der Waals surface area contributed by atoms with E-state index in [1.54, 1.807) is 24.3 Å². The third-order valence-electron chi connectivity index (χ3n) is 2.67. The number of benzene rings is 1. The lowest BCUT2D eigenvalue weighted by Crippen LogP contribution is -2.38. The quantitative estimate of drug-likeness (QED) is 0.925. The molecule has 1 saturated heterocycles. The fourth-order valence-corrected chi connectivity index (χ4v) is 3.29. The molecule has 1 aliphatic heterocycles. The fraction of sp³-hybridized carbons (Fsp3) is 0.455. The molecule has 0 radical (unpaired) electrons. The van der Waals surface area contributed by atoms with Crippen LogP contribution >= 0.6 is 15.9 Å². The molecule has 0 spiro atoms. The van der Waals surface area contributed by atoms with Crippen molar-refractivity contribution < 1.29 is 13.2 Å². The minimum atomic E-state index is -3.40. The summed E-state index contributed by atoms with van der Waals surface area (Å²) in [5, 5.41) is 0. The molecule has 0 aromatic heterocycles. The van der Waals surface area contributed by atoms with E-state index < -0.39 is 10.0 Å². The van der Waals surface area contributed by atoms with Crippen LogP contribution < -0.4 is 4.72 Å². The number of rotatable bonds is 3. The van der Waals surface area contributed by atoms with Crippen molar-refractivity contribution in [2.45, 2.75) is 23.8 Å². The number of ether oxygens (including phenoxy) is 1. The van der Waals surface area contributed by atoms with Crippen LogP contribution in [0.4, 0.5) is 0 Å². The first kappa shape index (κ1) is 13.0. The van der Waals surface area contributed by atoms with Gasteiger partial charge in [-0.25, -0.2) is 13.1 Å². The highest BCUT2D eigenvalue weighted by molar-refractivity contribution is 9.10. The summed E-state index contributed by atoms with van der Waals surface area (Å²) in [7, 11) is -3.40. The van der Waals surface area contributed by atoms with Crippen LogP contribution in [0, 0.1) is 0 Å². The second kappa shape index (κ2) is 5.48. The summed E-state index contributed by atoms with van der Waals surface area (Å²) in [6.45, 7) is 1.24. The lowest BCUT2D eigenvalue weighted by Gasteiger charge is -2.22. The van der Waals surface area contributed by atoms with Gasteiger partial charge in [0.15, 0.2) is 0 Å². The highest BCUT2D eigenvalue weighted by Crippen LogP contribution is 2.16. The van der Waals surface area contributed by atoms with Crippen molar-refractivity contribution in [3.05, 3.63) is 28.7 Å². The Morgan fingerprint density at radius 2 is 1.76 bits per heavy atom. The maximum absolute atomic E-state index is 12.0. The molecule has 1 fully saturated rings. The number of hydrogen-bond donors (Lipinski definition) is 1. The molecule has 4 nitrogen and oxygen atoms in total. The zero-order chi connectivity index (χ0) is 12.3. The summed E-state index contributed by atoms with van der Waals surface area (Å²) in [4.78, 5) is 0.298. The van der Waals surface area contributed by atoms with Crippen LogP contribution in [0.1, 0.15) is 12.8 Å². The minimum absolute atomic E-state index is 0.0163. The standard InChI is InChI=1S/C11H14BrNO3S/c12-9-1-3-11(4-2-9)17(14,15)13-10-5-7-16-8-6-10/h1-4,10,13H,5-8H2. The molecule has 17 heavy (non-hydrogen) atoms. The molecule has 0 aliphatic carbocycles. The maximum Gasteiger partial charge on any atom is 0.240 e. The largest absolute Gasteiger partial charge is 0.381 e. The van der Waals surface area contributed by atoms with Gasteiger partial charge in [-0.3, -0.25) is 0 Å².